The molecule has 1 fully saturated rings. The van der Waals surface area contributed by atoms with Gasteiger partial charge in [-0.3, -0.25) is 4.79 Å². The monoisotopic (exact) mass is 198 g/mol. The second-order valence-corrected chi connectivity index (χ2v) is 5.57. The molecule has 0 aromatic rings. The zero-order chi connectivity index (χ0) is 10.8. The maximum Gasteiger partial charge on any atom is 0.139 e. The van der Waals surface area contributed by atoms with E-state index in [9.17, 15) is 9.90 Å². The van der Waals surface area contributed by atoms with Crippen LogP contribution in [0.3, 0.4) is 0 Å². The molecule has 1 rings (SSSR count). The summed E-state index contributed by atoms with van der Waals surface area (Å²) in [6.45, 7) is 6.06. The van der Waals surface area contributed by atoms with Crippen LogP contribution >= 0.6 is 0 Å². The lowest BCUT2D eigenvalue weighted by molar-refractivity contribution is -0.129. The lowest BCUT2D eigenvalue weighted by Crippen LogP contribution is -2.33. The Morgan fingerprint density at radius 1 is 1.43 bits per heavy atom. The number of carbonyl (C=O) groups excluding carboxylic acids is 1. The number of Topliss-reactive ketones (excluding diaryl/α,β-unsaturated/α-hetero) is 1. The molecule has 0 spiro atoms. The maximum atomic E-state index is 11.9. The zero-order valence-corrected chi connectivity index (χ0v) is 9.55. The minimum Gasteiger partial charge on any atom is -0.396 e. The van der Waals surface area contributed by atoms with Crippen LogP contribution in [-0.2, 0) is 4.79 Å². The maximum absolute atomic E-state index is 11.9. The van der Waals surface area contributed by atoms with Gasteiger partial charge in [-0.05, 0) is 11.3 Å². The lowest BCUT2D eigenvalue weighted by Gasteiger charge is -2.31. The number of aliphatic hydroxyl groups is 1. The molecule has 0 aliphatic heterocycles. The van der Waals surface area contributed by atoms with Crippen LogP contribution in [-0.4, -0.2) is 17.5 Å². The largest absolute Gasteiger partial charge is 0.396 e. The van der Waals surface area contributed by atoms with Crippen LogP contribution in [0, 0.1) is 17.3 Å². The normalized spacial score (nSPS) is 20.3. The van der Waals surface area contributed by atoms with Crippen molar-refractivity contribution >= 4 is 5.78 Å². The molecule has 0 radical (unpaired) electrons. The number of ketones is 1. The molecule has 1 atom stereocenters. The predicted molar refractivity (Wildman–Crippen MR) is 57.0 cm³/mol. The van der Waals surface area contributed by atoms with Crippen molar-refractivity contribution in [1.29, 1.82) is 0 Å². The summed E-state index contributed by atoms with van der Waals surface area (Å²) in [5.41, 5.74) is -0.102. The van der Waals surface area contributed by atoms with E-state index in [-0.39, 0.29) is 23.7 Å². The summed E-state index contributed by atoms with van der Waals surface area (Å²) in [4.78, 5) is 11.9. The minimum atomic E-state index is -0.178. The highest BCUT2D eigenvalue weighted by Gasteiger charge is 2.32. The molecule has 0 bridgehead atoms. The molecule has 1 saturated carbocycles. The van der Waals surface area contributed by atoms with Crippen molar-refractivity contribution in [1.82, 2.24) is 0 Å². The van der Waals surface area contributed by atoms with Gasteiger partial charge in [-0.1, -0.05) is 40.0 Å². The van der Waals surface area contributed by atoms with Crippen LogP contribution < -0.4 is 0 Å². The zero-order valence-electron chi connectivity index (χ0n) is 9.55. The fourth-order valence-electron chi connectivity index (χ4n) is 1.98. The molecule has 0 amide bonds. The second-order valence-electron chi connectivity index (χ2n) is 5.57. The van der Waals surface area contributed by atoms with Gasteiger partial charge in [-0.2, -0.15) is 0 Å². The van der Waals surface area contributed by atoms with Crippen molar-refractivity contribution < 1.29 is 9.90 Å². The van der Waals surface area contributed by atoms with Crippen molar-refractivity contribution in [2.24, 2.45) is 17.3 Å². The van der Waals surface area contributed by atoms with Gasteiger partial charge in [0.15, 0.2) is 0 Å². The molecule has 1 aliphatic rings. The smallest absolute Gasteiger partial charge is 0.139 e. The molecule has 1 N–H and O–H groups in total. The van der Waals surface area contributed by atoms with Gasteiger partial charge < -0.3 is 5.11 Å². The Balaban J connectivity index is 2.47. The van der Waals surface area contributed by atoms with Gasteiger partial charge in [0.25, 0.3) is 0 Å². The van der Waals surface area contributed by atoms with Crippen LogP contribution in [0.15, 0.2) is 0 Å². The van der Waals surface area contributed by atoms with Crippen molar-refractivity contribution in [2.45, 2.75) is 46.5 Å². The molecule has 2 heteroatoms. The quantitative estimate of drug-likeness (QED) is 0.753. The van der Waals surface area contributed by atoms with Crippen molar-refractivity contribution in [2.75, 3.05) is 6.61 Å². The first kappa shape index (κ1) is 11.7. The van der Waals surface area contributed by atoms with Gasteiger partial charge >= 0.3 is 0 Å². The highest BCUT2D eigenvalue weighted by atomic mass is 16.3. The standard InChI is InChI=1S/C12H22O2/c1-12(2,3)10(8-13)11(14)7-9-5-4-6-9/h9-10,13H,4-8H2,1-3H3/t10-/m1/s1. The molecule has 1 aliphatic carbocycles. The van der Waals surface area contributed by atoms with Gasteiger partial charge in [0.1, 0.15) is 5.78 Å². The average molecular weight is 198 g/mol. The molecule has 0 unspecified atom stereocenters. The summed E-state index contributed by atoms with van der Waals surface area (Å²) in [6, 6.07) is 0. The Hall–Kier alpha value is -0.370. The summed E-state index contributed by atoms with van der Waals surface area (Å²) in [5, 5.41) is 9.21. The highest BCUT2D eigenvalue weighted by molar-refractivity contribution is 5.82. The van der Waals surface area contributed by atoms with Crippen LogP contribution in [0.5, 0.6) is 0 Å². The first-order valence-electron chi connectivity index (χ1n) is 5.58. The average Bonchev–Trinajstić information content (AvgIpc) is 1.95. The van der Waals surface area contributed by atoms with E-state index in [4.69, 9.17) is 0 Å². The third-order valence-electron chi connectivity index (χ3n) is 3.33. The second kappa shape index (κ2) is 4.43. The van der Waals surface area contributed by atoms with E-state index in [1.54, 1.807) is 0 Å². The van der Waals surface area contributed by atoms with E-state index < -0.39 is 0 Å². The van der Waals surface area contributed by atoms with Crippen LogP contribution in [0.4, 0.5) is 0 Å². The van der Waals surface area contributed by atoms with Crippen LogP contribution in [0.2, 0.25) is 0 Å². The number of aliphatic hydroxyl groups excluding tert-OH is 1. The molecule has 2 nitrogen and oxygen atoms in total. The highest BCUT2D eigenvalue weighted by Crippen LogP contribution is 2.34. The Labute approximate surface area is 86.7 Å². The van der Waals surface area contributed by atoms with E-state index in [0.717, 1.165) is 0 Å². The Morgan fingerprint density at radius 2 is 2.00 bits per heavy atom. The third kappa shape index (κ3) is 2.81. The molecule has 0 heterocycles. The summed E-state index contributed by atoms with van der Waals surface area (Å²) < 4.78 is 0. The Bertz CT molecular complexity index is 199. The van der Waals surface area contributed by atoms with E-state index in [2.05, 4.69) is 0 Å². The van der Waals surface area contributed by atoms with Gasteiger partial charge in [-0.15, -0.1) is 0 Å². The molecule has 14 heavy (non-hydrogen) atoms. The summed E-state index contributed by atoms with van der Waals surface area (Å²) in [6.07, 6.45) is 4.36. The minimum absolute atomic E-state index is 0.00491. The Morgan fingerprint density at radius 3 is 2.29 bits per heavy atom. The fourth-order valence-corrected chi connectivity index (χ4v) is 1.98. The molecule has 0 saturated heterocycles. The SMILES string of the molecule is CC(C)(C)[C@H](CO)C(=O)CC1CCC1. The van der Waals surface area contributed by atoms with Gasteiger partial charge in [0.05, 0.1) is 6.61 Å². The van der Waals surface area contributed by atoms with E-state index >= 15 is 0 Å². The summed E-state index contributed by atoms with van der Waals surface area (Å²) >= 11 is 0. The number of hydrogen-bond acceptors (Lipinski definition) is 2. The van der Waals surface area contributed by atoms with Gasteiger partial charge in [0.2, 0.25) is 0 Å². The number of rotatable bonds is 4. The number of hydrogen-bond donors (Lipinski definition) is 1. The van der Waals surface area contributed by atoms with Gasteiger partial charge in [-0.25, -0.2) is 0 Å². The first-order valence-corrected chi connectivity index (χ1v) is 5.58. The van der Waals surface area contributed by atoms with E-state index in [1.807, 2.05) is 20.8 Å². The Kier molecular flexibility index (Phi) is 3.71. The molecular weight excluding hydrogens is 176 g/mol. The first-order chi connectivity index (χ1) is 6.45. The van der Waals surface area contributed by atoms with Crippen molar-refractivity contribution in [3.05, 3.63) is 0 Å². The molecule has 82 valence electrons. The third-order valence-corrected chi connectivity index (χ3v) is 3.33. The summed E-state index contributed by atoms with van der Waals surface area (Å²) in [5.74, 6) is 0.687. The summed E-state index contributed by atoms with van der Waals surface area (Å²) in [7, 11) is 0. The molecule has 0 aromatic carbocycles. The van der Waals surface area contributed by atoms with Crippen LogP contribution in [0.1, 0.15) is 46.5 Å². The van der Waals surface area contributed by atoms with E-state index in [1.165, 1.54) is 19.3 Å². The molecule has 0 aromatic heterocycles. The van der Waals surface area contributed by atoms with E-state index in [0.29, 0.717) is 12.3 Å². The van der Waals surface area contributed by atoms with Crippen molar-refractivity contribution in [3.8, 4) is 0 Å². The fraction of sp³-hybridized carbons (Fsp3) is 0.917. The van der Waals surface area contributed by atoms with Gasteiger partial charge in [0, 0.05) is 12.3 Å². The topological polar surface area (TPSA) is 37.3 Å². The van der Waals surface area contributed by atoms with Crippen molar-refractivity contribution in [3.63, 3.8) is 0 Å². The lowest BCUT2D eigenvalue weighted by atomic mass is 9.73. The predicted octanol–water partition coefficient (Wildman–Crippen LogP) is 2.40. The number of carbonyl (C=O) groups is 1. The van der Waals surface area contributed by atoms with Crippen LogP contribution in [0.25, 0.3) is 0 Å². The molecular formula is C12H22O2.